The van der Waals surface area contributed by atoms with Gasteiger partial charge in [0.25, 0.3) is 0 Å². The van der Waals surface area contributed by atoms with E-state index in [2.05, 4.69) is 16.8 Å². The first-order valence-corrected chi connectivity index (χ1v) is 6.05. The summed E-state index contributed by atoms with van der Waals surface area (Å²) in [4.78, 5) is 6.23. The number of nitrogen functional groups attached to an aromatic ring is 1. The zero-order valence-corrected chi connectivity index (χ0v) is 11.4. The van der Waals surface area contributed by atoms with E-state index in [0.29, 0.717) is 18.0 Å². The molecule has 1 unspecified atom stereocenters. The number of halogens is 2. The highest BCUT2D eigenvalue weighted by Gasteiger charge is 2.14. The molecule has 0 aliphatic heterocycles. The number of anilines is 1. The summed E-state index contributed by atoms with van der Waals surface area (Å²) in [5.41, 5.74) is 7.15. The summed E-state index contributed by atoms with van der Waals surface area (Å²) in [5, 5.41) is 0.0844. The van der Waals surface area contributed by atoms with E-state index in [9.17, 15) is 4.39 Å². The summed E-state index contributed by atoms with van der Waals surface area (Å²) >= 11 is 5.80. The van der Waals surface area contributed by atoms with Crippen molar-refractivity contribution in [1.29, 1.82) is 0 Å². The molecule has 0 saturated heterocycles. The van der Waals surface area contributed by atoms with Crippen LogP contribution in [0.5, 0.6) is 0 Å². The van der Waals surface area contributed by atoms with E-state index in [1.54, 1.807) is 6.07 Å². The van der Waals surface area contributed by atoms with Crippen molar-refractivity contribution in [2.75, 3.05) is 19.8 Å². The van der Waals surface area contributed by atoms with Crippen molar-refractivity contribution in [3.05, 3.63) is 23.0 Å². The first-order valence-electron chi connectivity index (χ1n) is 5.67. The van der Waals surface area contributed by atoms with Crippen LogP contribution in [0.4, 0.5) is 10.3 Å². The Labute approximate surface area is 110 Å². The van der Waals surface area contributed by atoms with Crippen LogP contribution in [0.25, 0.3) is 11.0 Å². The Bertz CT molecular complexity index is 579. The van der Waals surface area contributed by atoms with Gasteiger partial charge in [0.05, 0.1) is 16.1 Å². The summed E-state index contributed by atoms with van der Waals surface area (Å²) < 4.78 is 15.2. The maximum Gasteiger partial charge on any atom is 0.201 e. The second kappa shape index (κ2) is 4.74. The van der Waals surface area contributed by atoms with Crippen molar-refractivity contribution in [2.45, 2.75) is 19.5 Å². The molecule has 0 spiro atoms. The smallest absolute Gasteiger partial charge is 0.201 e. The number of hydrogen-bond donors (Lipinski definition) is 1. The summed E-state index contributed by atoms with van der Waals surface area (Å²) in [5.74, 6) is -0.102. The van der Waals surface area contributed by atoms with Gasteiger partial charge >= 0.3 is 0 Å². The van der Waals surface area contributed by atoms with Crippen LogP contribution in [0.1, 0.15) is 6.92 Å². The number of rotatable bonds is 3. The van der Waals surface area contributed by atoms with Gasteiger partial charge in [0.15, 0.2) is 0 Å². The zero-order chi connectivity index (χ0) is 13.4. The molecular formula is C12H16ClFN4. The molecule has 6 heteroatoms. The standard InChI is InChI=1S/C12H16ClFN4/c1-7(17(2)3)6-18-11-4-8(13)9(14)5-10(11)16-12(18)15/h4-5,7H,6H2,1-3H3,(H2,15,16). The van der Waals surface area contributed by atoms with Crippen molar-refractivity contribution in [2.24, 2.45) is 0 Å². The minimum absolute atomic E-state index is 0.0844. The van der Waals surface area contributed by atoms with Gasteiger partial charge in [-0.25, -0.2) is 9.37 Å². The molecule has 2 rings (SSSR count). The first-order chi connectivity index (χ1) is 8.40. The Morgan fingerprint density at radius 1 is 1.50 bits per heavy atom. The van der Waals surface area contributed by atoms with Gasteiger partial charge in [-0.3, -0.25) is 0 Å². The molecule has 1 aromatic carbocycles. The van der Waals surface area contributed by atoms with Gasteiger partial charge in [0.1, 0.15) is 5.82 Å². The van der Waals surface area contributed by atoms with E-state index in [4.69, 9.17) is 17.3 Å². The maximum absolute atomic E-state index is 13.4. The maximum atomic E-state index is 13.4. The third-order valence-corrected chi connectivity index (χ3v) is 3.44. The minimum atomic E-state index is -0.477. The lowest BCUT2D eigenvalue weighted by Crippen LogP contribution is -2.29. The van der Waals surface area contributed by atoms with Crippen molar-refractivity contribution in [3.63, 3.8) is 0 Å². The van der Waals surface area contributed by atoms with Crippen LogP contribution in [-0.2, 0) is 6.54 Å². The van der Waals surface area contributed by atoms with Crippen molar-refractivity contribution >= 4 is 28.6 Å². The number of nitrogens with zero attached hydrogens (tertiary/aromatic N) is 3. The normalized spacial score (nSPS) is 13.4. The predicted octanol–water partition coefficient (Wildman–Crippen LogP) is 2.36. The van der Waals surface area contributed by atoms with Crippen LogP contribution in [0.15, 0.2) is 12.1 Å². The number of fused-ring (bicyclic) bond motifs is 1. The third-order valence-electron chi connectivity index (χ3n) is 3.15. The van der Waals surface area contributed by atoms with E-state index in [1.807, 2.05) is 18.7 Å². The number of aromatic nitrogens is 2. The predicted molar refractivity (Wildman–Crippen MR) is 72.3 cm³/mol. The van der Waals surface area contributed by atoms with E-state index in [1.165, 1.54) is 6.07 Å². The zero-order valence-electron chi connectivity index (χ0n) is 10.6. The number of likely N-dealkylation sites (N-methyl/N-ethyl adjacent to an activating group) is 1. The van der Waals surface area contributed by atoms with Crippen LogP contribution in [0.2, 0.25) is 5.02 Å². The highest BCUT2D eigenvalue weighted by atomic mass is 35.5. The Hall–Kier alpha value is -1.33. The molecule has 1 atom stereocenters. The summed E-state index contributed by atoms with van der Waals surface area (Å²) in [6.45, 7) is 2.76. The van der Waals surface area contributed by atoms with Crippen molar-refractivity contribution < 1.29 is 4.39 Å². The quantitative estimate of drug-likeness (QED) is 0.931. The average Bonchev–Trinajstić information content (AvgIpc) is 2.56. The molecule has 0 aliphatic carbocycles. The van der Waals surface area contributed by atoms with Crippen LogP contribution in [-0.4, -0.2) is 34.6 Å². The highest BCUT2D eigenvalue weighted by Crippen LogP contribution is 2.25. The van der Waals surface area contributed by atoms with E-state index in [-0.39, 0.29) is 11.1 Å². The van der Waals surface area contributed by atoms with Gasteiger partial charge in [-0.15, -0.1) is 0 Å². The topological polar surface area (TPSA) is 47.1 Å². The van der Waals surface area contributed by atoms with E-state index in [0.717, 1.165) is 5.52 Å². The number of imidazole rings is 1. The van der Waals surface area contributed by atoms with Crippen LogP contribution in [0, 0.1) is 5.82 Å². The second-order valence-corrected chi connectivity index (χ2v) is 5.06. The molecule has 4 nitrogen and oxygen atoms in total. The molecule has 0 aliphatic rings. The summed E-state index contributed by atoms with van der Waals surface area (Å²) in [6.07, 6.45) is 0. The fourth-order valence-corrected chi connectivity index (χ4v) is 1.92. The lowest BCUT2D eigenvalue weighted by Gasteiger charge is -2.21. The van der Waals surface area contributed by atoms with Crippen molar-refractivity contribution in [3.8, 4) is 0 Å². The van der Waals surface area contributed by atoms with Gasteiger partial charge in [-0.1, -0.05) is 11.6 Å². The Balaban J connectivity index is 2.50. The second-order valence-electron chi connectivity index (χ2n) is 4.65. The van der Waals surface area contributed by atoms with Crippen molar-refractivity contribution in [1.82, 2.24) is 14.5 Å². The SMILES string of the molecule is CC(Cn1c(N)nc2cc(F)c(Cl)cc21)N(C)C. The molecule has 0 fully saturated rings. The third kappa shape index (κ3) is 2.28. The lowest BCUT2D eigenvalue weighted by atomic mass is 10.2. The molecule has 98 valence electrons. The molecular weight excluding hydrogens is 255 g/mol. The molecule has 2 aromatic rings. The van der Waals surface area contributed by atoms with Crippen LogP contribution in [0.3, 0.4) is 0 Å². The Morgan fingerprint density at radius 2 is 2.17 bits per heavy atom. The fraction of sp³-hybridized carbons (Fsp3) is 0.417. The van der Waals surface area contributed by atoms with Gasteiger partial charge in [0, 0.05) is 18.7 Å². The molecule has 2 N–H and O–H groups in total. The number of nitrogens with two attached hydrogens (primary N) is 1. The summed E-state index contributed by atoms with van der Waals surface area (Å²) in [6, 6.07) is 3.16. The number of benzene rings is 1. The van der Waals surface area contributed by atoms with Gasteiger partial charge in [0.2, 0.25) is 5.95 Å². The molecule has 0 bridgehead atoms. The van der Waals surface area contributed by atoms with Gasteiger partial charge < -0.3 is 15.2 Å². The average molecular weight is 271 g/mol. The first kappa shape index (κ1) is 13.1. The van der Waals surface area contributed by atoms with Crippen LogP contribution < -0.4 is 5.73 Å². The molecule has 1 aromatic heterocycles. The molecule has 1 heterocycles. The number of hydrogen-bond acceptors (Lipinski definition) is 3. The minimum Gasteiger partial charge on any atom is -0.369 e. The lowest BCUT2D eigenvalue weighted by molar-refractivity contribution is 0.287. The highest BCUT2D eigenvalue weighted by molar-refractivity contribution is 6.31. The monoisotopic (exact) mass is 270 g/mol. The Morgan fingerprint density at radius 3 is 2.78 bits per heavy atom. The van der Waals surface area contributed by atoms with E-state index < -0.39 is 5.82 Å². The van der Waals surface area contributed by atoms with E-state index >= 15 is 0 Å². The van der Waals surface area contributed by atoms with Gasteiger partial charge in [-0.2, -0.15) is 0 Å². The van der Waals surface area contributed by atoms with Gasteiger partial charge in [-0.05, 0) is 27.1 Å². The largest absolute Gasteiger partial charge is 0.369 e. The Kier molecular flexibility index (Phi) is 3.45. The molecule has 0 saturated carbocycles. The summed E-state index contributed by atoms with van der Waals surface area (Å²) in [7, 11) is 3.99. The molecule has 0 radical (unpaired) electrons. The molecule has 18 heavy (non-hydrogen) atoms. The van der Waals surface area contributed by atoms with Crippen LogP contribution >= 0.6 is 11.6 Å². The fourth-order valence-electron chi connectivity index (χ4n) is 1.76. The molecule has 0 amide bonds.